The lowest BCUT2D eigenvalue weighted by molar-refractivity contribution is 0.0698. The van der Waals surface area contributed by atoms with Gasteiger partial charge in [-0.1, -0.05) is 12.1 Å². The topological polar surface area (TPSA) is 112 Å². The Morgan fingerprint density at radius 2 is 2.05 bits per heavy atom. The number of carbonyl (C=O) groups is 1. The molecule has 19 heavy (non-hydrogen) atoms. The van der Waals surface area contributed by atoms with E-state index in [2.05, 4.69) is 30.6 Å². The Morgan fingerprint density at radius 1 is 1.37 bits per heavy atom. The average Bonchev–Trinajstić information content (AvgIpc) is 2.76. The lowest BCUT2D eigenvalue weighted by Crippen LogP contribution is -2.16. The predicted molar refractivity (Wildman–Crippen MR) is 70.5 cm³/mol. The van der Waals surface area contributed by atoms with Crippen LogP contribution in [-0.2, 0) is 10.0 Å². The normalized spacial score (nSPS) is 11.2. The van der Waals surface area contributed by atoms with Gasteiger partial charge in [0.25, 0.3) is 10.0 Å². The third-order valence-corrected chi connectivity index (χ3v) is 4.43. The van der Waals surface area contributed by atoms with Crippen molar-refractivity contribution in [1.82, 2.24) is 9.97 Å². The van der Waals surface area contributed by atoms with Gasteiger partial charge in [-0.25, -0.2) is 9.78 Å². The zero-order chi connectivity index (χ0) is 14.0. The molecule has 0 atom stereocenters. The molecule has 0 aliphatic rings. The molecule has 0 aliphatic heterocycles. The maximum atomic E-state index is 12.1. The second-order valence-electron chi connectivity index (χ2n) is 3.48. The summed E-state index contributed by atoms with van der Waals surface area (Å²) < 4.78 is 26.4. The number of aromatic amines is 1. The maximum Gasteiger partial charge on any atom is 0.337 e. The number of carboxylic acid groups (broad SMARTS) is 1. The van der Waals surface area contributed by atoms with Crippen molar-refractivity contribution in [3.63, 3.8) is 0 Å². The van der Waals surface area contributed by atoms with Crippen molar-refractivity contribution >= 4 is 37.6 Å². The number of hydrogen-bond donors (Lipinski definition) is 3. The first-order chi connectivity index (χ1) is 8.92. The number of H-pyrrole nitrogens is 1. The molecule has 0 aliphatic carbocycles. The third-order valence-electron chi connectivity index (χ3n) is 2.23. The number of aromatic carboxylic acids is 1. The second-order valence-corrected chi connectivity index (χ2v) is 5.85. The second kappa shape index (κ2) is 5.02. The van der Waals surface area contributed by atoms with Crippen LogP contribution in [0.25, 0.3) is 0 Å². The fourth-order valence-corrected chi connectivity index (χ4v) is 3.32. The fourth-order valence-electron chi connectivity index (χ4n) is 1.41. The van der Waals surface area contributed by atoms with E-state index < -0.39 is 16.0 Å². The number of imidazole rings is 1. The van der Waals surface area contributed by atoms with Gasteiger partial charge in [0.2, 0.25) is 0 Å². The summed E-state index contributed by atoms with van der Waals surface area (Å²) >= 11 is 2.99. The number of nitrogens with zero attached hydrogens (tertiary/aromatic N) is 1. The summed E-state index contributed by atoms with van der Waals surface area (Å²) in [7, 11) is -3.93. The number of benzene rings is 1. The average molecular weight is 346 g/mol. The highest BCUT2D eigenvalue weighted by molar-refractivity contribution is 9.10. The summed E-state index contributed by atoms with van der Waals surface area (Å²) in [5, 5.41) is 8.81. The van der Waals surface area contributed by atoms with Crippen LogP contribution in [0.15, 0.2) is 40.2 Å². The van der Waals surface area contributed by atoms with Crippen LogP contribution in [0.1, 0.15) is 10.4 Å². The van der Waals surface area contributed by atoms with Crippen LogP contribution in [0.3, 0.4) is 0 Å². The lowest BCUT2D eigenvalue weighted by Gasteiger charge is -2.09. The van der Waals surface area contributed by atoms with Crippen molar-refractivity contribution in [3.05, 3.63) is 40.8 Å². The monoisotopic (exact) mass is 345 g/mol. The number of aromatic nitrogens is 2. The summed E-state index contributed by atoms with van der Waals surface area (Å²) in [5.74, 6) is -1.22. The van der Waals surface area contributed by atoms with Gasteiger partial charge in [-0.2, -0.15) is 8.42 Å². The molecule has 0 radical (unpaired) electrons. The van der Waals surface area contributed by atoms with E-state index >= 15 is 0 Å². The molecule has 2 aromatic rings. The van der Waals surface area contributed by atoms with Crippen molar-refractivity contribution in [3.8, 4) is 0 Å². The van der Waals surface area contributed by atoms with Crippen molar-refractivity contribution in [2.24, 2.45) is 0 Å². The van der Waals surface area contributed by atoms with Gasteiger partial charge in [0.1, 0.15) is 4.60 Å². The quantitative estimate of drug-likeness (QED) is 0.780. The van der Waals surface area contributed by atoms with Crippen molar-refractivity contribution in [2.45, 2.75) is 5.03 Å². The van der Waals surface area contributed by atoms with E-state index in [0.29, 0.717) is 0 Å². The number of carboxylic acids is 1. The highest BCUT2D eigenvalue weighted by Crippen LogP contribution is 2.22. The minimum atomic E-state index is -3.93. The van der Waals surface area contributed by atoms with Gasteiger partial charge >= 0.3 is 5.97 Å². The molecule has 100 valence electrons. The SMILES string of the molecule is O=C(O)c1ccccc1NS(=O)(=O)c1[nH]cnc1Br. The Kier molecular flexibility index (Phi) is 3.58. The standard InChI is InChI=1S/C10H8BrN3O4S/c11-8-9(13-5-12-8)19(17,18)14-7-4-2-1-3-6(7)10(15)16/h1-5,14H,(H,12,13)(H,15,16). The van der Waals surface area contributed by atoms with Crippen LogP contribution >= 0.6 is 15.9 Å². The minimum absolute atomic E-state index is 0.0171. The molecule has 1 aromatic heterocycles. The van der Waals surface area contributed by atoms with E-state index in [1.807, 2.05) is 0 Å². The smallest absolute Gasteiger partial charge is 0.337 e. The molecule has 0 amide bonds. The van der Waals surface area contributed by atoms with Crippen molar-refractivity contribution < 1.29 is 18.3 Å². The molecule has 0 unspecified atom stereocenters. The Balaban J connectivity index is 2.42. The highest BCUT2D eigenvalue weighted by atomic mass is 79.9. The summed E-state index contributed by atoms with van der Waals surface area (Å²) in [6.45, 7) is 0. The van der Waals surface area contributed by atoms with Crippen LogP contribution in [0.2, 0.25) is 0 Å². The molecular formula is C10H8BrN3O4S. The number of sulfonamides is 1. The highest BCUT2D eigenvalue weighted by Gasteiger charge is 2.22. The molecule has 0 saturated carbocycles. The van der Waals surface area contributed by atoms with Crippen LogP contribution in [0, 0.1) is 0 Å². The molecule has 0 saturated heterocycles. The predicted octanol–water partition coefficient (Wildman–Crippen LogP) is 1.67. The summed E-state index contributed by atoms with van der Waals surface area (Å²) in [5.41, 5.74) is -0.154. The summed E-state index contributed by atoms with van der Waals surface area (Å²) in [6.07, 6.45) is 1.21. The largest absolute Gasteiger partial charge is 0.478 e. The molecule has 0 spiro atoms. The molecule has 1 heterocycles. The first-order valence-corrected chi connectivity index (χ1v) is 7.23. The third kappa shape index (κ3) is 2.76. The first kappa shape index (κ1) is 13.6. The Bertz CT molecular complexity index is 726. The number of nitrogens with one attached hydrogen (secondary N) is 2. The number of hydrogen-bond acceptors (Lipinski definition) is 4. The molecular weight excluding hydrogens is 338 g/mol. The molecule has 9 heteroatoms. The van der Waals surface area contributed by atoms with Crippen molar-refractivity contribution in [1.29, 1.82) is 0 Å². The first-order valence-electron chi connectivity index (χ1n) is 4.96. The van der Waals surface area contributed by atoms with Crippen LogP contribution in [0.5, 0.6) is 0 Å². The van der Waals surface area contributed by atoms with E-state index in [0.717, 1.165) is 0 Å². The van der Waals surface area contributed by atoms with Gasteiger partial charge < -0.3 is 10.1 Å². The summed E-state index contributed by atoms with van der Waals surface area (Å²) in [4.78, 5) is 17.2. The van der Waals surface area contributed by atoms with E-state index in [1.54, 1.807) is 0 Å². The lowest BCUT2D eigenvalue weighted by atomic mass is 10.2. The Hall–Kier alpha value is -1.87. The molecule has 7 nitrogen and oxygen atoms in total. The van der Waals surface area contributed by atoms with Gasteiger partial charge in [-0.05, 0) is 28.1 Å². The maximum absolute atomic E-state index is 12.1. The van der Waals surface area contributed by atoms with Gasteiger partial charge in [-0.15, -0.1) is 0 Å². The number of halogens is 1. The van der Waals surface area contributed by atoms with Gasteiger partial charge in [0.15, 0.2) is 5.03 Å². The van der Waals surface area contributed by atoms with E-state index in [4.69, 9.17) is 5.11 Å². The van der Waals surface area contributed by atoms with Gasteiger partial charge in [0, 0.05) is 0 Å². The van der Waals surface area contributed by atoms with E-state index in [-0.39, 0.29) is 20.9 Å². The number of para-hydroxylation sites is 1. The Labute approximate surface area is 116 Å². The van der Waals surface area contributed by atoms with E-state index in [9.17, 15) is 13.2 Å². The molecule has 0 fully saturated rings. The van der Waals surface area contributed by atoms with Crippen molar-refractivity contribution in [2.75, 3.05) is 4.72 Å². The number of rotatable bonds is 4. The molecule has 2 rings (SSSR count). The molecule has 3 N–H and O–H groups in total. The fraction of sp³-hybridized carbons (Fsp3) is 0. The van der Waals surface area contributed by atoms with E-state index in [1.165, 1.54) is 30.6 Å². The van der Waals surface area contributed by atoms with Crippen LogP contribution < -0.4 is 4.72 Å². The van der Waals surface area contributed by atoms with Crippen LogP contribution in [-0.4, -0.2) is 29.5 Å². The molecule has 0 bridgehead atoms. The minimum Gasteiger partial charge on any atom is -0.478 e. The summed E-state index contributed by atoms with van der Waals surface area (Å²) in [6, 6.07) is 5.72. The Morgan fingerprint density at radius 3 is 2.63 bits per heavy atom. The van der Waals surface area contributed by atoms with Gasteiger partial charge in [-0.3, -0.25) is 4.72 Å². The van der Waals surface area contributed by atoms with Crippen LogP contribution in [0.4, 0.5) is 5.69 Å². The molecule has 1 aromatic carbocycles. The zero-order valence-electron chi connectivity index (χ0n) is 9.29. The van der Waals surface area contributed by atoms with Gasteiger partial charge in [0.05, 0.1) is 17.6 Å². The number of anilines is 1. The zero-order valence-corrected chi connectivity index (χ0v) is 11.7.